The summed E-state index contributed by atoms with van der Waals surface area (Å²) in [5, 5.41) is 9.56. The smallest absolute Gasteiger partial charge is 0.175 e. The van der Waals surface area contributed by atoms with Crippen LogP contribution in [0.4, 0.5) is 0 Å². The fraction of sp³-hybridized carbons (Fsp3) is 0.0690. The van der Waals surface area contributed by atoms with Crippen LogP contribution in [0.3, 0.4) is 0 Å². The van der Waals surface area contributed by atoms with Crippen molar-refractivity contribution in [2.75, 3.05) is 0 Å². The van der Waals surface area contributed by atoms with E-state index >= 15 is 0 Å². The van der Waals surface area contributed by atoms with Crippen molar-refractivity contribution >= 4 is 34.6 Å². The third kappa shape index (κ3) is 4.16. The molecule has 0 saturated heterocycles. The van der Waals surface area contributed by atoms with Crippen LogP contribution in [-0.4, -0.2) is 21.7 Å². The molecule has 0 spiro atoms. The number of fused-ring (bicyclic) bond motifs is 3. The molecule has 1 N–H and O–H groups in total. The molecule has 6 rings (SSSR count). The number of pyridine rings is 1. The van der Waals surface area contributed by atoms with Crippen molar-refractivity contribution in [1.82, 2.24) is 4.98 Å². The largest absolute Gasteiger partial charge is 0.512 e. The van der Waals surface area contributed by atoms with Gasteiger partial charge in [0.1, 0.15) is 0 Å². The van der Waals surface area contributed by atoms with Gasteiger partial charge in [0.05, 0.1) is 11.3 Å². The molecule has 1 heterocycles. The van der Waals surface area contributed by atoms with Crippen molar-refractivity contribution in [3.8, 4) is 22.4 Å². The molecule has 2 aliphatic rings. The number of aliphatic hydroxyl groups is 1. The van der Waals surface area contributed by atoms with Gasteiger partial charge in [0.25, 0.3) is 0 Å². The summed E-state index contributed by atoms with van der Waals surface area (Å²) in [6.45, 7) is 2.85. The maximum atomic E-state index is 12.8. The zero-order chi connectivity index (χ0) is 23.1. The molecule has 0 fully saturated rings. The van der Waals surface area contributed by atoms with E-state index < -0.39 is 0 Å². The number of carbonyl (C=O) groups excluding carboxylic acids is 2. The van der Waals surface area contributed by atoms with Crippen molar-refractivity contribution in [2.24, 2.45) is 0 Å². The Kier molecular flexibility index (Phi) is 6.43. The summed E-state index contributed by atoms with van der Waals surface area (Å²) >= 11 is 0. The van der Waals surface area contributed by atoms with Crippen molar-refractivity contribution < 1.29 is 34.8 Å². The van der Waals surface area contributed by atoms with Gasteiger partial charge in [-0.1, -0.05) is 65.7 Å². The Bertz CT molecular complexity index is 1530. The van der Waals surface area contributed by atoms with E-state index in [1.165, 1.54) is 36.4 Å². The predicted octanol–water partition coefficient (Wildman–Crippen LogP) is 6.43. The van der Waals surface area contributed by atoms with E-state index in [1.807, 2.05) is 48.5 Å². The number of hydrogen-bond acceptors (Lipinski definition) is 4. The van der Waals surface area contributed by atoms with Crippen molar-refractivity contribution in [3.05, 3.63) is 101 Å². The van der Waals surface area contributed by atoms with Crippen molar-refractivity contribution in [2.45, 2.75) is 13.8 Å². The Morgan fingerprint density at radius 2 is 1.65 bits per heavy atom. The number of allylic oxidation sites excluding steroid dienone is 2. The molecule has 5 heteroatoms. The molecule has 4 nitrogen and oxygen atoms in total. The minimum atomic E-state index is -0.125. The monoisotopic (exact) mass is 623 g/mol. The molecule has 169 valence electrons. The first-order chi connectivity index (χ1) is 15.9. The first kappa shape index (κ1) is 23.5. The molecule has 0 unspecified atom stereocenters. The van der Waals surface area contributed by atoms with Crippen LogP contribution < -0.4 is 0 Å². The van der Waals surface area contributed by atoms with Crippen LogP contribution in [0.1, 0.15) is 40.9 Å². The second-order valence-electron chi connectivity index (χ2n) is 8.12. The minimum Gasteiger partial charge on any atom is -0.512 e. The van der Waals surface area contributed by atoms with Gasteiger partial charge in [-0.25, -0.2) is 0 Å². The Morgan fingerprint density at radius 3 is 2.35 bits per heavy atom. The first-order valence-electron chi connectivity index (χ1n) is 10.6. The average molecular weight is 623 g/mol. The van der Waals surface area contributed by atoms with E-state index in [0.717, 1.165) is 39.0 Å². The fourth-order valence-electron chi connectivity index (χ4n) is 4.34. The van der Waals surface area contributed by atoms with E-state index in [0.29, 0.717) is 0 Å². The Morgan fingerprint density at radius 1 is 0.912 bits per heavy atom. The number of nitrogens with zero attached hydrogens (tertiary/aromatic N) is 1. The van der Waals surface area contributed by atoms with Gasteiger partial charge in [0, 0.05) is 37.1 Å². The van der Waals surface area contributed by atoms with Gasteiger partial charge >= 0.3 is 0 Å². The topological polar surface area (TPSA) is 67.3 Å². The van der Waals surface area contributed by atoms with Gasteiger partial charge < -0.3 is 5.11 Å². The Balaban J connectivity index is 0.000000303. The summed E-state index contributed by atoms with van der Waals surface area (Å²) in [7, 11) is 0. The number of benzene rings is 3. The summed E-state index contributed by atoms with van der Waals surface area (Å²) in [6.07, 6.45) is 5.41. The molecule has 3 aromatic carbocycles. The molecule has 0 aliphatic heterocycles. The third-order valence-corrected chi connectivity index (χ3v) is 5.68. The maximum absolute atomic E-state index is 12.8. The average Bonchev–Trinajstić information content (AvgIpc) is 3.34. The van der Waals surface area contributed by atoms with Gasteiger partial charge in [0.2, 0.25) is 0 Å². The molecular weight excluding hydrogens is 603 g/mol. The second-order valence-corrected chi connectivity index (χ2v) is 8.12. The number of carbonyl (C=O) groups is 2. The molecular formula is C29H20IrNO3-. The predicted molar refractivity (Wildman–Crippen MR) is 131 cm³/mol. The number of rotatable bonds is 2. The molecule has 1 aromatic heterocycles. The van der Waals surface area contributed by atoms with Crippen LogP contribution in [0.2, 0.25) is 0 Å². The van der Waals surface area contributed by atoms with Crippen molar-refractivity contribution in [1.29, 1.82) is 0 Å². The summed E-state index contributed by atoms with van der Waals surface area (Å²) in [5.74, 6) is 0.0193. The van der Waals surface area contributed by atoms with Gasteiger partial charge in [0.15, 0.2) is 11.6 Å². The fourth-order valence-corrected chi connectivity index (χ4v) is 4.34. The third-order valence-electron chi connectivity index (χ3n) is 5.68. The number of aromatic nitrogens is 1. The van der Waals surface area contributed by atoms with Gasteiger partial charge in [-0.3, -0.25) is 14.6 Å². The minimum absolute atomic E-state index is 0. The quantitative estimate of drug-likeness (QED) is 0.137. The first-order valence-corrected chi connectivity index (χ1v) is 10.6. The Hall–Kier alpha value is -3.66. The van der Waals surface area contributed by atoms with E-state index in [-0.39, 0.29) is 37.4 Å². The van der Waals surface area contributed by atoms with E-state index in [2.05, 4.69) is 30.4 Å². The zero-order valence-corrected chi connectivity index (χ0v) is 20.9. The van der Waals surface area contributed by atoms with Gasteiger partial charge in [-0.15, -0.1) is 23.8 Å². The molecule has 1 radical (unpaired) electrons. The standard InChI is InChI=1S/C24H12NO.C5H8O2.Ir/c26-24-19-6-2-1-5-17(19)18-11-10-15(12-20(18)24)22-13-16-9-8-14-4-3-7-21(25-22)23(14)16;1-4(6)3-5(2)7;/h1-9,11-13H;3,6H,1-2H3;/q-1;;. The Labute approximate surface area is 211 Å². The van der Waals surface area contributed by atoms with Gasteiger partial charge in [-0.05, 0) is 42.3 Å². The normalized spacial score (nSPS) is 12.5. The van der Waals surface area contributed by atoms with Crippen LogP contribution in [0.5, 0.6) is 0 Å². The van der Waals surface area contributed by atoms with Crippen LogP contribution >= 0.6 is 0 Å². The van der Waals surface area contributed by atoms with Crippen molar-refractivity contribution in [3.63, 3.8) is 0 Å². The molecule has 4 aromatic rings. The van der Waals surface area contributed by atoms with Crippen LogP contribution in [0.15, 0.2) is 72.5 Å². The summed E-state index contributed by atoms with van der Waals surface area (Å²) < 4.78 is 0. The SMILES string of the molecule is CC(=O)C=C(C)O.O=C1c2cc(-c3cc4c5c(cccc5n3)C=C4)[c-]cc2-c2ccccc21.[Ir]. The molecule has 2 aliphatic carbocycles. The number of hydrogen-bond donors (Lipinski definition) is 1. The van der Waals surface area contributed by atoms with E-state index in [1.54, 1.807) is 0 Å². The summed E-state index contributed by atoms with van der Waals surface area (Å²) in [6, 6.07) is 23.2. The molecule has 0 amide bonds. The number of ketones is 2. The summed E-state index contributed by atoms with van der Waals surface area (Å²) in [5.41, 5.74) is 8.52. The van der Waals surface area contributed by atoms with E-state index in [4.69, 9.17) is 10.1 Å². The summed E-state index contributed by atoms with van der Waals surface area (Å²) in [4.78, 5) is 27.6. The van der Waals surface area contributed by atoms with Gasteiger partial charge in [-0.2, -0.15) is 0 Å². The maximum Gasteiger partial charge on any atom is 0.175 e. The molecule has 0 saturated carbocycles. The van der Waals surface area contributed by atoms with Crippen LogP contribution in [-0.2, 0) is 24.9 Å². The second kappa shape index (κ2) is 9.30. The molecule has 0 atom stereocenters. The zero-order valence-electron chi connectivity index (χ0n) is 18.5. The molecule has 34 heavy (non-hydrogen) atoms. The molecule has 0 bridgehead atoms. The van der Waals surface area contributed by atoms with E-state index in [9.17, 15) is 9.59 Å². The van der Waals surface area contributed by atoms with Crippen LogP contribution in [0.25, 0.3) is 45.4 Å². The van der Waals surface area contributed by atoms with Crippen LogP contribution in [0, 0.1) is 6.07 Å². The number of aliphatic hydroxyl groups excluding tert-OH is 1.